The molecule has 0 aliphatic carbocycles. The molecule has 0 saturated carbocycles. The fraction of sp³-hybridized carbons (Fsp3) is 0.953. The first kappa shape index (κ1) is 52.0. The minimum atomic E-state index is -4.37. The molecule has 0 fully saturated rings. The second-order valence-electron chi connectivity index (χ2n) is 15.3. The van der Waals surface area contributed by atoms with Crippen molar-refractivity contribution in [2.24, 2.45) is 5.73 Å². The van der Waals surface area contributed by atoms with Crippen LogP contribution in [0.5, 0.6) is 0 Å². The number of rotatable bonds is 43. The van der Waals surface area contributed by atoms with Crippen molar-refractivity contribution in [2.75, 3.05) is 26.4 Å². The molecule has 9 nitrogen and oxygen atoms in total. The zero-order valence-corrected chi connectivity index (χ0v) is 35.7. The molecule has 0 amide bonds. The lowest BCUT2D eigenvalue weighted by Gasteiger charge is -2.19. The fourth-order valence-corrected chi connectivity index (χ4v) is 7.40. The van der Waals surface area contributed by atoms with E-state index in [9.17, 15) is 19.0 Å². The number of ether oxygens (including phenoxy) is 2. The third kappa shape index (κ3) is 40.5. The van der Waals surface area contributed by atoms with Crippen molar-refractivity contribution < 1.29 is 37.6 Å². The van der Waals surface area contributed by atoms with Gasteiger partial charge in [-0.3, -0.25) is 18.6 Å². The molecule has 0 aromatic heterocycles. The van der Waals surface area contributed by atoms with Crippen LogP contribution in [-0.2, 0) is 32.7 Å². The highest BCUT2D eigenvalue weighted by atomic mass is 31.2. The van der Waals surface area contributed by atoms with Crippen molar-refractivity contribution >= 4 is 19.8 Å². The van der Waals surface area contributed by atoms with Gasteiger partial charge in [0, 0.05) is 19.4 Å². The van der Waals surface area contributed by atoms with Gasteiger partial charge in [-0.25, -0.2) is 4.57 Å². The molecule has 0 radical (unpaired) electrons. The molecule has 0 rings (SSSR count). The van der Waals surface area contributed by atoms with Crippen molar-refractivity contribution in [3.63, 3.8) is 0 Å². The van der Waals surface area contributed by atoms with Crippen LogP contribution in [0, 0.1) is 0 Å². The van der Waals surface area contributed by atoms with Gasteiger partial charge in [0.15, 0.2) is 6.10 Å². The van der Waals surface area contributed by atoms with E-state index in [0.717, 1.165) is 32.1 Å². The van der Waals surface area contributed by atoms with Crippen molar-refractivity contribution in [2.45, 2.75) is 238 Å². The maximum absolute atomic E-state index is 12.6. The summed E-state index contributed by atoms with van der Waals surface area (Å²) in [6.45, 7) is 3.78. The van der Waals surface area contributed by atoms with Crippen molar-refractivity contribution in [3.05, 3.63) is 0 Å². The third-order valence-electron chi connectivity index (χ3n) is 9.99. The summed E-state index contributed by atoms with van der Waals surface area (Å²) in [5.41, 5.74) is 5.35. The van der Waals surface area contributed by atoms with Crippen LogP contribution in [0.2, 0.25) is 0 Å². The number of hydrogen-bond donors (Lipinski definition) is 2. The van der Waals surface area contributed by atoms with Gasteiger partial charge in [0.1, 0.15) is 6.61 Å². The Hall–Kier alpha value is -0.990. The van der Waals surface area contributed by atoms with Gasteiger partial charge in [0.25, 0.3) is 0 Å². The van der Waals surface area contributed by atoms with E-state index in [1.807, 2.05) is 0 Å². The molecule has 0 heterocycles. The SMILES string of the molecule is CCCCCCCCCCCCCCCCCCCCC(=O)O[C@H](COC(=O)CCCCCCCCCCCCCCCC)COP(=O)(O)OCCN. The molecule has 0 saturated heterocycles. The largest absolute Gasteiger partial charge is 0.472 e. The van der Waals surface area contributed by atoms with E-state index in [1.165, 1.54) is 167 Å². The number of nitrogens with two attached hydrogens (primary N) is 1. The average molecular weight is 776 g/mol. The summed E-state index contributed by atoms with van der Waals surface area (Å²) in [5, 5.41) is 0. The predicted octanol–water partition coefficient (Wildman–Crippen LogP) is 12.8. The Bertz CT molecular complexity index is 845. The lowest BCUT2D eigenvalue weighted by Crippen LogP contribution is -2.29. The summed E-state index contributed by atoms with van der Waals surface area (Å²) in [6.07, 6.45) is 39.8. The number of esters is 2. The standard InChI is InChI=1S/C43H86NO8P/c1-3-5-7-9-11-13-15-17-19-20-21-22-24-26-28-30-32-34-36-43(46)52-41(40-51-53(47,48)50-38-37-44)39-49-42(45)35-33-31-29-27-25-23-18-16-14-12-10-8-6-4-2/h41H,3-40,44H2,1-2H3,(H,47,48)/t41-/m1/s1. The van der Waals surface area contributed by atoms with Gasteiger partial charge in [0.05, 0.1) is 13.2 Å². The van der Waals surface area contributed by atoms with Crippen LogP contribution >= 0.6 is 7.82 Å². The Kier molecular flexibility index (Phi) is 39.9. The second-order valence-corrected chi connectivity index (χ2v) is 16.7. The van der Waals surface area contributed by atoms with Crippen LogP contribution < -0.4 is 5.73 Å². The maximum Gasteiger partial charge on any atom is 0.472 e. The predicted molar refractivity (Wildman–Crippen MR) is 220 cm³/mol. The Labute approximate surface area is 327 Å². The van der Waals surface area contributed by atoms with E-state index in [2.05, 4.69) is 13.8 Å². The summed E-state index contributed by atoms with van der Waals surface area (Å²) in [7, 11) is -4.37. The Morgan fingerprint density at radius 2 is 0.811 bits per heavy atom. The molecule has 0 spiro atoms. The third-order valence-corrected chi connectivity index (χ3v) is 11.0. The molecule has 1 unspecified atom stereocenters. The van der Waals surface area contributed by atoms with Crippen LogP contribution in [0.3, 0.4) is 0 Å². The molecule has 0 aromatic carbocycles. The number of hydrogen-bond acceptors (Lipinski definition) is 8. The number of carbonyl (C=O) groups is 2. The summed E-state index contributed by atoms with van der Waals surface area (Å²) < 4.78 is 32.8. The molecule has 0 bridgehead atoms. The fourth-order valence-electron chi connectivity index (χ4n) is 6.64. The van der Waals surface area contributed by atoms with Crippen molar-refractivity contribution in [3.8, 4) is 0 Å². The van der Waals surface area contributed by atoms with Crippen LogP contribution in [0.25, 0.3) is 0 Å². The highest BCUT2D eigenvalue weighted by Gasteiger charge is 2.26. The highest BCUT2D eigenvalue weighted by Crippen LogP contribution is 2.43. The molecular weight excluding hydrogens is 689 g/mol. The zero-order chi connectivity index (χ0) is 38.9. The smallest absolute Gasteiger partial charge is 0.462 e. The zero-order valence-electron chi connectivity index (χ0n) is 34.8. The van der Waals surface area contributed by atoms with Gasteiger partial charge in [-0.2, -0.15) is 0 Å². The lowest BCUT2D eigenvalue weighted by molar-refractivity contribution is -0.161. The number of carbonyl (C=O) groups excluding carboxylic acids is 2. The summed E-state index contributed by atoms with van der Waals surface area (Å²) in [6, 6.07) is 0. The molecule has 53 heavy (non-hydrogen) atoms. The van der Waals surface area contributed by atoms with Crippen LogP contribution in [0.4, 0.5) is 0 Å². The molecule has 0 aliphatic rings. The van der Waals surface area contributed by atoms with Crippen LogP contribution in [0.15, 0.2) is 0 Å². The van der Waals surface area contributed by atoms with Gasteiger partial charge >= 0.3 is 19.8 Å². The van der Waals surface area contributed by atoms with Gasteiger partial charge in [-0.15, -0.1) is 0 Å². The topological polar surface area (TPSA) is 134 Å². The minimum absolute atomic E-state index is 0.0581. The molecular formula is C43H86NO8P. The van der Waals surface area contributed by atoms with Crippen molar-refractivity contribution in [1.29, 1.82) is 0 Å². The molecule has 2 atom stereocenters. The van der Waals surface area contributed by atoms with Gasteiger partial charge in [-0.1, -0.05) is 206 Å². The monoisotopic (exact) mass is 776 g/mol. The van der Waals surface area contributed by atoms with Gasteiger partial charge < -0.3 is 20.1 Å². The normalized spacial score (nSPS) is 13.2. The van der Waals surface area contributed by atoms with Gasteiger partial charge in [-0.05, 0) is 12.8 Å². The minimum Gasteiger partial charge on any atom is -0.462 e. The van der Waals surface area contributed by atoms with E-state index in [0.29, 0.717) is 6.42 Å². The van der Waals surface area contributed by atoms with E-state index >= 15 is 0 Å². The molecule has 0 aliphatic heterocycles. The first-order valence-corrected chi connectivity index (χ1v) is 24.0. The van der Waals surface area contributed by atoms with E-state index in [-0.39, 0.29) is 38.6 Å². The second kappa shape index (κ2) is 40.7. The van der Waals surface area contributed by atoms with Gasteiger partial charge in [0.2, 0.25) is 0 Å². The Balaban J connectivity index is 4.07. The maximum atomic E-state index is 12.6. The number of unbranched alkanes of at least 4 members (excludes halogenated alkanes) is 30. The molecule has 316 valence electrons. The Morgan fingerprint density at radius 1 is 0.491 bits per heavy atom. The Morgan fingerprint density at radius 3 is 1.15 bits per heavy atom. The summed E-state index contributed by atoms with van der Waals surface area (Å²) in [4.78, 5) is 34.9. The molecule has 10 heteroatoms. The molecule has 0 aromatic rings. The highest BCUT2D eigenvalue weighted by molar-refractivity contribution is 7.47. The van der Waals surface area contributed by atoms with E-state index in [1.54, 1.807) is 0 Å². The summed E-state index contributed by atoms with van der Waals surface area (Å²) >= 11 is 0. The van der Waals surface area contributed by atoms with Crippen LogP contribution in [-0.4, -0.2) is 49.3 Å². The summed E-state index contributed by atoms with van der Waals surface area (Å²) in [5.74, 6) is -0.811. The first-order valence-electron chi connectivity index (χ1n) is 22.5. The van der Waals surface area contributed by atoms with Crippen molar-refractivity contribution in [1.82, 2.24) is 0 Å². The average Bonchev–Trinajstić information content (AvgIpc) is 3.14. The molecule has 3 N–H and O–H groups in total. The number of phosphoric ester groups is 1. The quantitative estimate of drug-likeness (QED) is 0.0352. The van der Waals surface area contributed by atoms with Crippen LogP contribution in [0.1, 0.15) is 232 Å². The lowest BCUT2D eigenvalue weighted by atomic mass is 10.0. The first-order chi connectivity index (χ1) is 25.8. The van der Waals surface area contributed by atoms with E-state index in [4.69, 9.17) is 24.3 Å². The van der Waals surface area contributed by atoms with E-state index < -0.39 is 26.5 Å². The number of phosphoric acid groups is 1.